The molecule has 1 aliphatic rings. The Bertz CT molecular complexity index is 1250. The summed E-state index contributed by atoms with van der Waals surface area (Å²) in [5.74, 6) is -1.40. The zero-order valence-electron chi connectivity index (χ0n) is 16.1. The van der Waals surface area contributed by atoms with E-state index in [0.29, 0.717) is 16.7 Å². The number of halogens is 1. The highest BCUT2D eigenvalue weighted by Crippen LogP contribution is 2.33. The van der Waals surface area contributed by atoms with Gasteiger partial charge in [-0.15, -0.1) is 0 Å². The van der Waals surface area contributed by atoms with Gasteiger partial charge in [-0.25, -0.2) is 4.90 Å². The number of carbonyl (C=O) groups is 3. The Hall–Kier alpha value is -4.04. The predicted octanol–water partition coefficient (Wildman–Crippen LogP) is 4.61. The number of nitrogens with zero attached hydrogens (tertiary/aromatic N) is 2. The average molecular weight is 436 g/mol. The third-order valence-corrected chi connectivity index (χ3v) is 5.22. The zero-order chi connectivity index (χ0) is 22.3. The third kappa shape index (κ3) is 3.53. The van der Waals surface area contributed by atoms with E-state index in [0.717, 1.165) is 4.90 Å². The SMILES string of the molecule is Cc1cc(C(=O)Nc2ccc(N3C(=O)c4ccccc4C3=O)cc2Cl)ccc1[N+](=O)[O-]. The van der Waals surface area contributed by atoms with Crippen LogP contribution in [0, 0.1) is 17.0 Å². The Morgan fingerprint density at radius 2 is 1.65 bits per heavy atom. The fourth-order valence-corrected chi connectivity index (χ4v) is 3.59. The Morgan fingerprint density at radius 1 is 1.00 bits per heavy atom. The first-order chi connectivity index (χ1) is 14.8. The predicted molar refractivity (Wildman–Crippen MR) is 115 cm³/mol. The van der Waals surface area contributed by atoms with Gasteiger partial charge in [0.1, 0.15) is 0 Å². The second-order valence-electron chi connectivity index (χ2n) is 6.87. The zero-order valence-corrected chi connectivity index (χ0v) is 16.8. The monoisotopic (exact) mass is 435 g/mol. The van der Waals surface area contributed by atoms with Crippen LogP contribution in [0.2, 0.25) is 5.02 Å². The number of rotatable bonds is 4. The quantitative estimate of drug-likeness (QED) is 0.365. The number of hydrogen-bond acceptors (Lipinski definition) is 5. The fourth-order valence-electron chi connectivity index (χ4n) is 3.36. The van der Waals surface area contributed by atoms with Crippen molar-refractivity contribution in [2.75, 3.05) is 10.2 Å². The Labute approximate surface area is 181 Å². The van der Waals surface area contributed by atoms with E-state index < -0.39 is 22.6 Å². The van der Waals surface area contributed by atoms with Crippen LogP contribution in [0.15, 0.2) is 60.7 Å². The number of nitro groups is 1. The van der Waals surface area contributed by atoms with Gasteiger partial charge in [0.2, 0.25) is 0 Å². The molecule has 154 valence electrons. The Balaban J connectivity index is 1.57. The van der Waals surface area contributed by atoms with Crippen molar-refractivity contribution in [1.82, 2.24) is 0 Å². The van der Waals surface area contributed by atoms with Gasteiger partial charge in [-0.3, -0.25) is 24.5 Å². The van der Waals surface area contributed by atoms with Crippen molar-refractivity contribution in [1.29, 1.82) is 0 Å². The van der Waals surface area contributed by atoms with E-state index >= 15 is 0 Å². The van der Waals surface area contributed by atoms with Crippen LogP contribution >= 0.6 is 11.6 Å². The number of fused-ring (bicyclic) bond motifs is 1. The Morgan fingerprint density at radius 3 is 2.19 bits per heavy atom. The van der Waals surface area contributed by atoms with Gasteiger partial charge in [0, 0.05) is 17.2 Å². The van der Waals surface area contributed by atoms with Crippen molar-refractivity contribution in [2.45, 2.75) is 6.92 Å². The molecule has 0 aromatic heterocycles. The van der Waals surface area contributed by atoms with Crippen LogP contribution in [0.25, 0.3) is 0 Å². The van der Waals surface area contributed by atoms with Crippen LogP contribution in [0.5, 0.6) is 0 Å². The fraction of sp³-hybridized carbons (Fsp3) is 0.0455. The molecule has 3 amide bonds. The van der Waals surface area contributed by atoms with Crippen molar-refractivity contribution in [2.24, 2.45) is 0 Å². The topological polar surface area (TPSA) is 110 Å². The van der Waals surface area contributed by atoms with Crippen molar-refractivity contribution in [3.05, 3.63) is 98.1 Å². The summed E-state index contributed by atoms with van der Waals surface area (Å²) in [4.78, 5) is 49.2. The summed E-state index contributed by atoms with van der Waals surface area (Å²) in [6.45, 7) is 1.54. The number of carbonyl (C=O) groups excluding carboxylic acids is 3. The highest BCUT2D eigenvalue weighted by atomic mass is 35.5. The summed E-state index contributed by atoms with van der Waals surface area (Å²) < 4.78 is 0. The third-order valence-electron chi connectivity index (χ3n) is 4.91. The van der Waals surface area contributed by atoms with Crippen molar-refractivity contribution >= 4 is 46.4 Å². The average Bonchev–Trinajstić information content (AvgIpc) is 2.99. The number of imide groups is 1. The highest BCUT2D eigenvalue weighted by molar-refractivity contribution is 6.37. The number of nitro benzene ring substituents is 1. The molecule has 0 radical (unpaired) electrons. The first-order valence-corrected chi connectivity index (χ1v) is 9.49. The van der Waals surface area contributed by atoms with Crippen LogP contribution in [0.1, 0.15) is 36.6 Å². The minimum absolute atomic E-state index is 0.0834. The first-order valence-electron chi connectivity index (χ1n) is 9.11. The molecule has 3 aromatic rings. The molecule has 8 nitrogen and oxygen atoms in total. The molecule has 0 atom stereocenters. The van der Waals surface area contributed by atoms with Crippen molar-refractivity contribution in [3.63, 3.8) is 0 Å². The second kappa shape index (κ2) is 7.66. The summed E-state index contributed by atoms with van der Waals surface area (Å²) in [6, 6.07) is 14.9. The smallest absolute Gasteiger partial charge is 0.272 e. The van der Waals surface area contributed by atoms with E-state index in [1.54, 1.807) is 31.2 Å². The highest BCUT2D eigenvalue weighted by Gasteiger charge is 2.36. The molecule has 1 N–H and O–H groups in total. The summed E-state index contributed by atoms with van der Waals surface area (Å²) in [6.07, 6.45) is 0. The summed E-state index contributed by atoms with van der Waals surface area (Å²) >= 11 is 6.29. The lowest BCUT2D eigenvalue weighted by Gasteiger charge is -2.16. The number of aryl methyl sites for hydroxylation is 1. The molecular formula is C22H14ClN3O5. The minimum atomic E-state index is -0.522. The lowest BCUT2D eigenvalue weighted by Crippen LogP contribution is -2.29. The van der Waals surface area contributed by atoms with Gasteiger partial charge in [0.15, 0.2) is 0 Å². The molecule has 4 rings (SSSR count). The van der Waals surface area contributed by atoms with Gasteiger partial charge >= 0.3 is 0 Å². The molecule has 0 bridgehead atoms. The van der Waals surface area contributed by atoms with Crippen LogP contribution in [-0.4, -0.2) is 22.6 Å². The number of benzene rings is 3. The van der Waals surface area contributed by atoms with E-state index in [9.17, 15) is 24.5 Å². The van der Waals surface area contributed by atoms with Gasteiger partial charge in [-0.05, 0) is 49.4 Å². The molecule has 0 saturated heterocycles. The van der Waals surface area contributed by atoms with Crippen molar-refractivity contribution in [3.8, 4) is 0 Å². The van der Waals surface area contributed by atoms with Crippen LogP contribution in [0.4, 0.5) is 17.1 Å². The van der Waals surface area contributed by atoms with Gasteiger partial charge in [-0.2, -0.15) is 0 Å². The molecule has 0 unspecified atom stereocenters. The molecule has 9 heteroatoms. The van der Waals surface area contributed by atoms with E-state index in [1.807, 2.05) is 0 Å². The van der Waals surface area contributed by atoms with E-state index in [2.05, 4.69) is 5.32 Å². The molecule has 1 aliphatic heterocycles. The number of nitrogens with one attached hydrogen (secondary N) is 1. The molecule has 0 saturated carbocycles. The van der Waals surface area contributed by atoms with Gasteiger partial charge in [-0.1, -0.05) is 23.7 Å². The summed E-state index contributed by atoms with van der Waals surface area (Å²) in [7, 11) is 0. The van der Waals surface area contributed by atoms with Gasteiger partial charge in [0.25, 0.3) is 23.4 Å². The first kappa shape index (κ1) is 20.2. The van der Waals surface area contributed by atoms with E-state index in [4.69, 9.17) is 11.6 Å². The Kier molecular flexibility index (Phi) is 5.00. The van der Waals surface area contributed by atoms with Crippen LogP contribution < -0.4 is 10.2 Å². The maximum absolute atomic E-state index is 12.6. The van der Waals surface area contributed by atoms with Gasteiger partial charge in [0.05, 0.1) is 32.4 Å². The lowest BCUT2D eigenvalue weighted by atomic mass is 10.1. The minimum Gasteiger partial charge on any atom is -0.321 e. The second-order valence-corrected chi connectivity index (χ2v) is 7.28. The molecule has 0 spiro atoms. The van der Waals surface area contributed by atoms with Crippen molar-refractivity contribution < 1.29 is 19.3 Å². The van der Waals surface area contributed by atoms with E-state index in [1.165, 1.54) is 36.4 Å². The molecule has 31 heavy (non-hydrogen) atoms. The van der Waals surface area contributed by atoms with Crippen LogP contribution in [0.3, 0.4) is 0 Å². The maximum atomic E-state index is 12.6. The molecule has 0 aliphatic carbocycles. The number of anilines is 2. The summed E-state index contributed by atoms with van der Waals surface area (Å²) in [5, 5.41) is 13.7. The molecular weight excluding hydrogens is 422 g/mol. The largest absolute Gasteiger partial charge is 0.321 e. The number of hydrogen-bond donors (Lipinski definition) is 1. The lowest BCUT2D eigenvalue weighted by molar-refractivity contribution is -0.385. The van der Waals surface area contributed by atoms with Gasteiger partial charge < -0.3 is 5.32 Å². The molecule has 3 aromatic carbocycles. The summed E-state index contributed by atoms with van der Waals surface area (Å²) in [5.41, 5.74) is 1.67. The normalized spacial score (nSPS) is 12.6. The molecule has 1 heterocycles. The van der Waals surface area contributed by atoms with E-state index in [-0.39, 0.29) is 27.6 Å². The van der Waals surface area contributed by atoms with Crippen LogP contribution in [-0.2, 0) is 0 Å². The number of amides is 3. The maximum Gasteiger partial charge on any atom is 0.272 e. The molecule has 0 fully saturated rings. The standard InChI is InChI=1S/C22H14ClN3O5/c1-12-10-13(6-9-19(12)26(30)31)20(27)24-18-8-7-14(11-17(18)23)25-21(28)15-4-2-3-5-16(15)22(25)29/h2-11H,1H3,(H,24,27).